The second kappa shape index (κ2) is 18.9. The molecular formula is C45H76O19. The van der Waals surface area contributed by atoms with Crippen LogP contribution in [0.5, 0.6) is 0 Å². The van der Waals surface area contributed by atoms with E-state index in [2.05, 4.69) is 20.8 Å². The highest BCUT2D eigenvalue weighted by molar-refractivity contribution is 5.15. The number of ether oxygens (including phenoxy) is 7. The first-order valence-electron chi connectivity index (χ1n) is 23.8. The molecule has 28 atom stereocenters. The maximum Gasteiger partial charge on any atom is 0.187 e. The van der Waals surface area contributed by atoms with E-state index in [1.54, 1.807) is 0 Å². The minimum Gasteiger partial charge on any atom is -0.394 e. The van der Waals surface area contributed by atoms with Gasteiger partial charge in [0.1, 0.15) is 67.1 Å². The van der Waals surface area contributed by atoms with Crippen molar-refractivity contribution in [2.45, 2.75) is 209 Å². The lowest BCUT2D eigenvalue weighted by Gasteiger charge is -2.62. The molecule has 8 rings (SSSR count). The van der Waals surface area contributed by atoms with Gasteiger partial charge in [-0.1, -0.05) is 27.7 Å². The molecule has 8 fully saturated rings. The third-order valence-electron chi connectivity index (χ3n) is 18.0. The van der Waals surface area contributed by atoms with Gasteiger partial charge in [-0.2, -0.15) is 0 Å². The quantitative estimate of drug-likeness (QED) is 0.0964. The van der Waals surface area contributed by atoms with Crippen molar-refractivity contribution in [3.05, 3.63) is 0 Å². The highest BCUT2D eigenvalue weighted by Crippen LogP contribution is 2.71. The highest BCUT2D eigenvalue weighted by atomic mass is 16.8. The molecule has 64 heavy (non-hydrogen) atoms. The molecule has 0 aromatic rings. The molecule has 0 unspecified atom stereocenters. The van der Waals surface area contributed by atoms with Gasteiger partial charge in [-0.05, 0) is 105 Å². The number of fused-ring (bicyclic) bond motifs is 7. The first-order valence-corrected chi connectivity index (χ1v) is 23.8. The molecular weight excluding hydrogens is 844 g/mol. The Hall–Kier alpha value is -0.760. The van der Waals surface area contributed by atoms with E-state index in [-0.39, 0.29) is 47.2 Å². The van der Waals surface area contributed by atoms with Gasteiger partial charge in [-0.15, -0.1) is 0 Å². The Morgan fingerprint density at radius 2 is 1.31 bits per heavy atom. The van der Waals surface area contributed by atoms with Crippen LogP contribution in [0, 0.1) is 52.3 Å². The molecule has 4 aliphatic carbocycles. The second-order valence-electron chi connectivity index (χ2n) is 21.6. The fourth-order valence-electron chi connectivity index (χ4n) is 14.1. The van der Waals surface area contributed by atoms with Crippen molar-refractivity contribution in [2.24, 2.45) is 52.3 Å². The first-order chi connectivity index (χ1) is 30.2. The summed E-state index contributed by atoms with van der Waals surface area (Å²) in [6.07, 6.45) is -16.4. The lowest BCUT2D eigenvalue weighted by molar-refractivity contribution is -0.374. The van der Waals surface area contributed by atoms with E-state index >= 15 is 0 Å². The monoisotopic (exact) mass is 920 g/mol. The molecule has 12 N–H and O–H groups in total. The maximum absolute atomic E-state index is 12.1. The van der Waals surface area contributed by atoms with E-state index in [0.717, 1.165) is 32.1 Å². The summed E-state index contributed by atoms with van der Waals surface area (Å²) >= 11 is 0. The van der Waals surface area contributed by atoms with Gasteiger partial charge >= 0.3 is 0 Å². The molecule has 8 aliphatic rings. The summed E-state index contributed by atoms with van der Waals surface area (Å²) in [5.74, 6) is -0.0681. The Morgan fingerprint density at radius 1 is 0.672 bits per heavy atom. The van der Waals surface area contributed by atoms with Crippen LogP contribution in [0.3, 0.4) is 0 Å². The predicted octanol–water partition coefficient (Wildman–Crippen LogP) is -1.78. The number of hydrogen-bond acceptors (Lipinski definition) is 19. The zero-order chi connectivity index (χ0) is 46.4. The SMILES string of the molecule is C[C@@H](CC[C@]1(O)O[C@H]2C[C@H]3[C@@H]4CC[C@H]5C[C@@H](O[C@@H]6O[C@H](CO)[C@@H](O)[C@H](O)[C@H]6O[C@@H]6O[C@@H](C)[C@H](O)[C@@H](O)[C@H]6O)[C@H](O)C[C@]5(C)[C@H]4CC[C@]3(C)[C@H]2[C@@H]1C)CO[C@@H]1O[C@H](CO)[C@@H](O)[C@H](O)[C@H]1O. The molecule has 0 radical (unpaired) electrons. The fraction of sp³-hybridized carbons (Fsp3) is 1.00. The summed E-state index contributed by atoms with van der Waals surface area (Å²) in [6, 6.07) is 0. The summed E-state index contributed by atoms with van der Waals surface area (Å²) in [5.41, 5.74) is -0.263. The zero-order valence-corrected chi connectivity index (χ0v) is 37.6. The molecule has 19 heteroatoms. The van der Waals surface area contributed by atoms with Crippen molar-refractivity contribution in [3.63, 3.8) is 0 Å². The zero-order valence-electron chi connectivity index (χ0n) is 37.6. The van der Waals surface area contributed by atoms with Gasteiger partial charge in [-0.25, -0.2) is 0 Å². The minimum atomic E-state index is -1.70. The third-order valence-corrected chi connectivity index (χ3v) is 18.0. The van der Waals surface area contributed by atoms with Crippen LogP contribution in [-0.4, -0.2) is 197 Å². The summed E-state index contributed by atoms with van der Waals surface area (Å²) in [5, 5.41) is 127. The Labute approximate surface area is 374 Å². The van der Waals surface area contributed by atoms with Gasteiger partial charge in [0.05, 0.1) is 44.2 Å². The molecule has 19 nitrogen and oxygen atoms in total. The molecule has 0 spiro atoms. The van der Waals surface area contributed by atoms with Crippen LogP contribution in [-0.2, 0) is 33.2 Å². The third kappa shape index (κ3) is 8.55. The van der Waals surface area contributed by atoms with E-state index in [0.29, 0.717) is 43.4 Å². The van der Waals surface area contributed by atoms with Crippen LogP contribution in [0.15, 0.2) is 0 Å². The van der Waals surface area contributed by atoms with Crippen molar-refractivity contribution in [2.75, 3.05) is 19.8 Å². The molecule has 4 aliphatic heterocycles. The molecule has 4 saturated carbocycles. The summed E-state index contributed by atoms with van der Waals surface area (Å²) < 4.78 is 41.9. The van der Waals surface area contributed by atoms with Crippen molar-refractivity contribution in [1.29, 1.82) is 0 Å². The lowest BCUT2D eigenvalue weighted by atomic mass is 9.44. The minimum absolute atomic E-state index is 0.0563. The first kappa shape index (κ1) is 49.7. The average Bonchev–Trinajstić information content (AvgIpc) is 3.70. The van der Waals surface area contributed by atoms with Crippen LogP contribution in [0.2, 0.25) is 0 Å². The van der Waals surface area contributed by atoms with Crippen LogP contribution >= 0.6 is 0 Å². The summed E-state index contributed by atoms with van der Waals surface area (Å²) in [4.78, 5) is 0. The van der Waals surface area contributed by atoms with E-state index in [4.69, 9.17) is 33.2 Å². The standard InChI is InChI=1S/C45H76O19/c1-18(17-58-40-37(55)35(53)32(50)28(15-46)61-40)8-11-45(57)19(2)30-27(64-45)13-24-22-7-6-21-12-26(25(48)14-44(21,5)23(22)9-10-43(24,30)4)60-42-39(36(54)33(51)29(16-47)62-42)63-41-38(56)34(52)31(49)20(3)59-41/h18-42,46-57H,6-17H2,1-5H3/t18-,19-,20-,21-,22+,23-,24-,25+,26+,27-,28+,29+,30-,31-,32+,33+,34+,35-,36-,37+,38+,39+,40+,41-,42+,43-,44-,45-/m0/s1. The predicted molar refractivity (Wildman–Crippen MR) is 219 cm³/mol. The van der Waals surface area contributed by atoms with E-state index in [9.17, 15) is 61.3 Å². The van der Waals surface area contributed by atoms with Crippen LogP contribution in [0.4, 0.5) is 0 Å². The Morgan fingerprint density at radius 3 is 2.00 bits per heavy atom. The molecule has 0 aromatic heterocycles. The number of rotatable bonds is 12. The summed E-state index contributed by atoms with van der Waals surface area (Å²) in [6.45, 7) is 9.19. The van der Waals surface area contributed by atoms with Gasteiger partial charge in [0, 0.05) is 12.3 Å². The van der Waals surface area contributed by atoms with Gasteiger partial charge in [0.15, 0.2) is 24.7 Å². The second-order valence-corrected chi connectivity index (χ2v) is 21.6. The van der Waals surface area contributed by atoms with Gasteiger partial charge in [0.25, 0.3) is 0 Å². The largest absolute Gasteiger partial charge is 0.394 e. The van der Waals surface area contributed by atoms with Gasteiger partial charge < -0.3 is 94.4 Å². The highest BCUT2D eigenvalue weighted by Gasteiger charge is 2.69. The fourth-order valence-corrected chi connectivity index (χ4v) is 14.1. The Kier molecular flexibility index (Phi) is 14.6. The molecule has 0 aromatic carbocycles. The lowest BCUT2D eigenvalue weighted by Crippen LogP contribution is -2.65. The van der Waals surface area contributed by atoms with Crippen molar-refractivity contribution in [3.8, 4) is 0 Å². The number of aliphatic hydroxyl groups is 12. The molecule has 4 saturated heterocycles. The smallest absolute Gasteiger partial charge is 0.187 e. The average molecular weight is 921 g/mol. The van der Waals surface area contributed by atoms with Gasteiger partial charge in [0.2, 0.25) is 0 Å². The van der Waals surface area contributed by atoms with E-state index in [1.807, 2.05) is 6.92 Å². The van der Waals surface area contributed by atoms with Crippen LogP contribution in [0.1, 0.15) is 92.4 Å². The number of aliphatic hydroxyl groups excluding tert-OH is 11. The molecule has 0 amide bonds. The number of hydrogen-bond donors (Lipinski definition) is 12. The van der Waals surface area contributed by atoms with Crippen molar-refractivity contribution in [1.82, 2.24) is 0 Å². The summed E-state index contributed by atoms with van der Waals surface area (Å²) in [7, 11) is 0. The topological polar surface area (TPSA) is 307 Å². The molecule has 0 bridgehead atoms. The van der Waals surface area contributed by atoms with Crippen LogP contribution in [0.25, 0.3) is 0 Å². The van der Waals surface area contributed by atoms with E-state index in [1.165, 1.54) is 6.92 Å². The Bertz CT molecular complexity index is 1580. The molecule has 370 valence electrons. The Balaban J connectivity index is 0.883. The normalized spacial score (nSPS) is 56.8. The molecule has 4 heterocycles. The van der Waals surface area contributed by atoms with Crippen molar-refractivity contribution >= 4 is 0 Å². The van der Waals surface area contributed by atoms with Crippen molar-refractivity contribution < 1.29 is 94.4 Å². The maximum atomic E-state index is 12.1. The van der Waals surface area contributed by atoms with Gasteiger partial charge in [-0.3, -0.25) is 0 Å². The van der Waals surface area contributed by atoms with Crippen LogP contribution < -0.4 is 0 Å². The van der Waals surface area contributed by atoms with E-state index < -0.39 is 123 Å².